The zero-order chi connectivity index (χ0) is 11.5. The van der Waals surface area contributed by atoms with Crippen molar-refractivity contribution in [3.05, 3.63) is 20.8 Å². The smallest absolute Gasteiger partial charge is 0.261 e. The molecule has 0 aliphatic heterocycles. The van der Waals surface area contributed by atoms with Crippen LogP contribution in [0, 0.1) is 0 Å². The van der Waals surface area contributed by atoms with Crippen molar-refractivity contribution in [2.75, 3.05) is 13.2 Å². The Labute approximate surface area is 100 Å². The molecule has 1 rings (SSSR count). The van der Waals surface area contributed by atoms with E-state index in [0.29, 0.717) is 4.88 Å². The van der Waals surface area contributed by atoms with Crippen LogP contribution in [0.15, 0.2) is 15.9 Å². The van der Waals surface area contributed by atoms with Crippen molar-refractivity contribution in [1.82, 2.24) is 5.32 Å². The molecule has 0 spiro atoms. The van der Waals surface area contributed by atoms with Crippen LogP contribution in [0.4, 0.5) is 0 Å². The third-order valence-electron chi connectivity index (χ3n) is 1.91. The Bertz CT molecular complexity index is 349. The molecule has 0 saturated heterocycles. The number of nitrogens with one attached hydrogen (secondary N) is 1. The summed E-state index contributed by atoms with van der Waals surface area (Å²) in [5.74, 6) is -0.295. The van der Waals surface area contributed by atoms with Crippen molar-refractivity contribution in [2.45, 2.75) is 12.5 Å². The van der Waals surface area contributed by atoms with Gasteiger partial charge < -0.3 is 15.5 Å². The molecule has 3 N–H and O–H groups in total. The molecule has 0 saturated carbocycles. The number of rotatable bonds is 4. The first-order valence-corrected chi connectivity index (χ1v) is 5.91. The monoisotopic (exact) mass is 293 g/mol. The van der Waals surface area contributed by atoms with E-state index in [4.69, 9.17) is 10.2 Å². The number of hydrogen-bond acceptors (Lipinski definition) is 4. The maximum Gasteiger partial charge on any atom is 0.261 e. The Kier molecular flexibility index (Phi) is 4.27. The Morgan fingerprint density at radius 1 is 1.53 bits per heavy atom. The third kappa shape index (κ3) is 3.27. The fourth-order valence-electron chi connectivity index (χ4n) is 0.901. The maximum absolute atomic E-state index is 11.6. The van der Waals surface area contributed by atoms with Gasteiger partial charge in [-0.3, -0.25) is 4.79 Å². The van der Waals surface area contributed by atoms with E-state index in [9.17, 15) is 4.79 Å². The van der Waals surface area contributed by atoms with Crippen molar-refractivity contribution < 1.29 is 15.0 Å². The summed E-state index contributed by atoms with van der Waals surface area (Å²) < 4.78 is 0.863. The lowest BCUT2D eigenvalue weighted by Crippen LogP contribution is -2.51. The first kappa shape index (κ1) is 12.6. The summed E-state index contributed by atoms with van der Waals surface area (Å²) in [5.41, 5.74) is -0.979. The van der Waals surface area contributed by atoms with Gasteiger partial charge in [-0.25, -0.2) is 0 Å². The highest BCUT2D eigenvalue weighted by Crippen LogP contribution is 2.22. The van der Waals surface area contributed by atoms with Crippen molar-refractivity contribution in [2.24, 2.45) is 0 Å². The lowest BCUT2D eigenvalue weighted by Gasteiger charge is -2.25. The van der Waals surface area contributed by atoms with E-state index in [1.54, 1.807) is 19.1 Å². The van der Waals surface area contributed by atoms with Crippen molar-refractivity contribution in [3.8, 4) is 0 Å². The van der Waals surface area contributed by atoms with Gasteiger partial charge in [-0.15, -0.1) is 11.3 Å². The molecule has 15 heavy (non-hydrogen) atoms. The predicted octanol–water partition coefficient (Wildman–Crippen LogP) is 0.984. The van der Waals surface area contributed by atoms with Gasteiger partial charge in [-0.1, -0.05) is 0 Å². The second-order valence-corrected chi connectivity index (χ2v) is 5.90. The molecule has 0 fully saturated rings. The number of aliphatic hydroxyl groups is 2. The summed E-state index contributed by atoms with van der Waals surface area (Å²) in [5, 5.41) is 20.6. The van der Waals surface area contributed by atoms with Gasteiger partial charge >= 0.3 is 0 Å². The van der Waals surface area contributed by atoms with Crippen molar-refractivity contribution in [3.63, 3.8) is 0 Å². The third-order valence-corrected chi connectivity index (χ3v) is 3.53. The van der Waals surface area contributed by atoms with Crippen LogP contribution in [0.5, 0.6) is 0 Å². The molecule has 0 aromatic carbocycles. The molecule has 1 amide bonds. The Morgan fingerprint density at radius 3 is 2.53 bits per heavy atom. The molecule has 1 heterocycles. The zero-order valence-corrected chi connectivity index (χ0v) is 10.6. The summed E-state index contributed by atoms with van der Waals surface area (Å²) in [6, 6.07) is 3.45. The van der Waals surface area contributed by atoms with Crippen LogP contribution in [0.3, 0.4) is 0 Å². The van der Waals surface area contributed by atoms with Gasteiger partial charge in [0, 0.05) is 0 Å². The summed E-state index contributed by atoms with van der Waals surface area (Å²) in [6.45, 7) is 0.969. The van der Waals surface area contributed by atoms with Crippen molar-refractivity contribution >= 4 is 33.2 Å². The lowest BCUT2D eigenvalue weighted by atomic mass is 10.1. The van der Waals surface area contributed by atoms with E-state index in [0.717, 1.165) is 3.79 Å². The fourth-order valence-corrected chi connectivity index (χ4v) is 2.18. The molecule has 0 radical (unpaired) electrons. The van der Waals surface area contributed by atoms with Gasteiger partial charge in [0.05, 0.1) is 27.4 Å². The number of carbonyl (C=O) groups excluding carboxylic acids is 1. The average Bonchev–Trinajstić information content (AvgIpc) is 2.65. The standard InChI is InChI=1S/C9H12BrNO3S/c1-9(4-12,5-13)11-8(14)6-2-3-7(10)15-6/h2-3,12-13H,4-5H2,1H3,(H,11,14). The van der Waals surface area contributed by atoms with Gasteiger partial charge in [0.1, 0.15) is 0 Å². The molecular weight excluding hydrogens is 282 g/mol. The van der Waals surface area contributed by atoms with E-state index in [1.807, 2.05) is 0 Å². The number of halogens is 1. The maximum atomic E-state index is 11.6. The molecular formula is C9H12BrNO3S. The van der Waals surface area contributed by atoms with E-state index in [2.05, 4.69) is 21.2 Å². The first-order valence-electron chi connectivity index (χ1n) is 4.30. The van der Waals surface area contributed by atoms with Crippen molar-refractivity contribution in [1.29, 1.82) is 0 Å². The molecule has 1 aromatic rings. The summed E-state index contributed by atoms with van der Waals surface area (Å²) >= 11 is 4.55. The minimum absolute atomic E-state index is 0.295. The van der Waals surface area contributed by atoms with E-state index in [1.165, 1.54) is 11.3 Å². The molecule has 0 aliphatic rings. The highest BCUT2D eigenvalue weighted by molar-refractivity contribution is 9.11. The first-order chi connectivity index (χ1) is 7.00. The van der Waals surface area contributed by atoms with Crippen LogP contribution in [0.1, 0.15) is 16.6 Å². The van der Waals surface area contributed by atoms with E-state index in [-0.39, 0.29) is 19.1 Å². The van der Waals surface area contributed by atoms with Crippen LogP contribution in [-0.2, 0) is 0 Å². The Morgan fingerprint density at radius 2 is 2.13 bits per heavy atom. The van der Waals surface area contributed by atoms with E-state index >= 15 is 0 Å². The summed E-state index contributed by atoms with van der Waals surface area (Å²) in [4.78, 5) is 12.2. The summed E-state index contributed by atoms with van der Waals surface area (Å²) in [7, 11) is 0. The highest BCUT2D eigenvalue weighted by atomic mass is 79.9. The normalized spacial score (nSPS) is 11.5. The van der Waals surface area contributed by atoms with Gasteiger partial charge in [0.25, 0.3) is 5.91 Å². The van der Waals surface area contributed by atoms with Gasteiger partial charge in [0.15, 0.2) is 0 Å². The van der Waals surface area contributed by atoms with Crippen LogP contribution < -0.4 is 5.32 Å². The molecule has 0 atom stereocenters. The van der Waals surface area contributed by atoms with Crippen LogP contribution in [0.25, 0.3) is 0 Å². The van der Waals surface area contributed by atoms with Crippen LogP contribution in [0.2, 0.25) is 0 Å². The molecule has 0 aliphatic carbocycles. The number of amides is 1. The highest BCUT2D eigenvalue weighted by Gasteiger charge is 2.25. The number of aliphatic hydroxyl groups excluding tert-OH is 2. The second kappa shape index (κ2) is 5.07. The van der Waals surface area contributed by atoms with Gasteiger partial charge in [-0.2, -0.15) is 0 Å². The minimum atomic E-state index is -0.979. The SMILES string of the molecule is CC(CO)(CO)NC(=O)c1ccc(Br)s1. The molecule has 0 bridgehead atoms. The quantitative estimate of drug-likeness (QED) is 0.775. The largest absolute Gasteiger partial charge is 0.394 e. The lowest BCUT2D eigenvalue weighted by molar-refractivity contribution is 0.0727. The van der Waals surface area contributed by atoms with Crippen LogP contribution >= 0.6 is 27.3 Å². The molecule has 1 aromatic heterocycles. The number of thiophene rings is 1. The molecule has 0 unspecified atom stereocenters. The number of carbonyl (C=O) groups is 1. The second-order valence-electron chi connectivity index (χ2n) is 3.43. The minimum Gasteiger partial charge on any atom is -0.394 e. The van der Waals surface area contributed by atoms with Gasteiger partial charge in [0.2, 0.25) is 0 Å². The fraction of sp³-hybridized carbons (Fsp3) is 0.444. The van der Waals surface area contributed by atoms with Gasteiger partial charge in [-0.05, 0) is 35.0 Å². The predicted molar refractivity (Wildman–Crippen MR) is 62.1 cm³/mol. The molecule has 6 heteroatoms. The molecule has 84 valence electrons. The topological polar surface area (TPSA) is 69.6 Å². The van der Waals surface area contributed by atoms with Crippen LogP contribution in [-0.4, -0.2) is 34.9 Å². The Hall–Kier alpha value is -0.430. The zero-order valence-electron chi connectivity index (χ0n) is 8.16. The summed E-state index contributed by atoms with van der Waals surface area (Å²) in [6.07, 6.45) is 0. The Balaban J connectivity index is 2.71. The molecule has 4 nitrogen and oxygen atoms in total. The average molecular weight is 294 g/mol. The van der Waals surface area contributed by atoms with E-state index < -0.39 is 5.54 Å². The number of hydrogen-bond donors (Lipinski definition) is 3.